The van der Waals surface area contributed by atoms with Gasteiger partial charge in [-0.25, -0.2) is 4.98 Å². The van der Waals surface area contributed by atoms with Crippen LogP contribution in [0.25, 0.3) is 10.9 Å². The number of aliphatic carboxylic acids is 1. The van der Waals surface area contributed by atoms with E-state index < -0.39 is 5.97 Å². The number of aryl methyl sites for hydroxylation is 2. The van der Waals surface area contributed by atoms with E-state index in [1.165, 1.54) is 0 Å². The van der Waals surface area contributed by atoms with Gasteiger partial charge in [-0.15, -0.1) is 0 Å². The number of rotatable bonds is 15. The lowest BCUT2D eigenvalue weighted by Gasteiger charge is -2.17. The number of carboxylic acids is 1. The second-order valence-corrected chi connectivity index (χ2v) is 9.12. The summed E-state index contributed by atoms with van der Waals surface area (Å²) in [5.41, 5.74) is 3.52. The summed E-state index contributed by atoms with van der Waals surface area (Å²) in [6.45, 7) is 3.82. The summed E-state index contributed by atoms with van der Waals surface area (Å²) in [6, 6.07) is 5.41. The van der Waals surface area contributed by atoms with Crippen LogP contribution in [0.1, 0.15) is 80.7 Å². The number of nitrogens with zero attached hydrogens (tertiary/aromatic N) is 1. The lowest BCUT2D eigenvalue weighted by molar-refractivity contribution is -0.137. The maximum atomic E-state index is 13.2. The molecular formula is C27H36N4O5. The highest BCUT2D eigenvalue weighted by molar-refractivity contribution is 5.91. The highest BCUT2D eigenvalue weighted by Crippen LogP contribution is 2.27. The number of amides is 1. The van der Waals surface area contributed by atoms with Crippen molar-refractivity contribution in [3.8, 4) is 5.75 Å². The number of aromatic amines is 2. The smallest absolute Gasteiger partial charge is 0.303 e. The Hall–Kier alpha value is -3.62. The number of carbonyl (C=O) groups excluding carboxylic acids is 2. The molecule has 0 spiro atoms. The second kappa shape index (κ2) is 12.9. The summed E-state index contributed by atoms with van der Waals surface area (Å²) >= 11 is 0. The van der Waals surface area contributed by atoms with Gasteiger partial charge in [-0.1, -0.05) is 19.8 Å². The van der Waals surface area contributed by atoms with Gasteiger partial charge in [0.25, 0.3) is 0 Å². The van der Waals surface area contributed by atoms with Gasteiger partial charge in [-0.05, 0) is 49.9 Å². The van der Waals surface area contributed by atoms with Gasteiger partial charge in [0.2, 0.25) is 5.91 Å². The fraction of sp³-hybridized carbons (Fsp3) is 0.481. The Morgan fingerprint density at radius 1 is 1.14 bits per heavy atom. The number of hydrogen-bond acceptors (Lipinski definition) is 5. The van der Waals surface area contributed by atoms with E-state index in [4.69, 9.17) is 9.84 Å². The standard InChI is InChI=1S/C27H36N4O5/c1-4-19(32)8-6-5-7-9-24(27-28-16-18(30-27)10-13-26(34)35)31-25(33)15-21-17(2)29-23-12-11-20(36-3)14-22(21)23/h11-12,14,16,24,29H,4-10,13,15H2,1-3H3,(H,28,30)(H,31,33)(H,34,35). The largest absolute Gasteiger partial charge is 0.497 e. The molecule has 4 N–H and O–H groups in total. The van der Waals surface area contributed by atoms with Crippen LogP contribution in [-0.2, 0) is 27.2 Å². The number of aromatic nitrogens is 3. The zero-order valence-corrected chi connectivity index (χ0v) is 21.3. The maximum Gasteiger partial charge on any atom is 0.303 e. The van der Waals surface area contributed by atoms with Crippen LogP contribution in [0.15, 0.2) is 24.4 Å². The SMILES string of the molecule is CCC(=O)CCCCCC(NC(=O)Cc1c(C)[nH]c2ccc(OC)cc12)c1ncc(CCC(=O)O)[nH]1. The summed E-state index contributed by atoms with van der Waals surface area (Å²) in [5.74, 6) is 0.609. The lowest BCUT2D eigenvalue weighted by Crippen LogP contribution is -2.30. The van der Waals surface area contributed by atoms with Crippen LogP contribution in [0.2, 0.25) is 0 Å². The zero-order chi connectivity index (χ0) is 26.1. The summed E-state index contributed by atoms with van der Waals surface area (Å²) in [7, 11) is 1.61. The minimum atomic E-state index is -0.872. The van der Waals surface area contributed by atoms with Crippen molar-refractivity contribution in [2.45, 2.75) is 77.7 Å². The molecule has 0 radical (unpaired) electrons. The molecular weight excluding hydrogens is 460 g/mol. The van der Waals surface area contributed by atoms with Gasteiger partial charge in [0.15, 0.2) is 0 Å². The van der Waals surface area contributed by atoms with Crippen LogP contribution in [0.5, 0.6) is 5.75 Å². The average Bonchev–Trinajstić information content (AvgIpc) is 3.45. The number of nitrogens with one attached hydrogen (secondary N) is 3. The van der Waals surface area contributed by atoms with Gasteiger partial charge in [-0.2, -0.15) is 0 Å². The Bertz CT molecular complexity index is 1200. The topological polar surface area (TPSA) is 137 Å². The highest BCUT2D eigenvalue weighted by Gasteiger charge is 2.20. The van der Waals surface area contributed by atoms with Gasteiger partial charge in [0.05, 0.1) is 26.0 Å². The first-order valence-corrected chi connectivity index (χ1v) is 12.5. The fourth-order valence-corrected chi connectivity index (χ4v) is 4.35. The molecule has 3 aromatic rings. The third kappa shape index (κ3) is 7.44. The average molecular weight is 497 g/mol. The Labute approximate surface area is 211 Å². The predicted octanol–water partition coefficient (Wildman–Crippen LogP) is 4.55. The van der Waals surface area contributed by atoms with E-state index in [1.54, 1.807) is 13.3 Å². The first kappa shape index (κ1) is 27.0. The quantitative estimate of drug-likeness (QED) is 0.228. The minimum Gasteiger partial charge on any atom is -0.497 e. The van der Waals surface area contributed by atoms with Crippen molar-refractivity contribution in [1.82, 2.24) is 20.3 Å². The monoisotopic (exact) mass is 496 g/mol. The molecule has 3 rings (SSSR count). The third-order valence-corrected chi connectivity index (χ3v) is 6.43. The van der Waals surface area contributed by atoms with Crippen molar-refractivity contribution in [1.29, 1.82) is 0 Å². The number of unbranched alkanes of at least 4 members (excludes halogenated alkanes) is 2. The summed E-state index contributed by atoms with van der Waals surface area (Å²) in [4.78, 5) is 46.6. The third-order valence-electron chi connectivity index (χ3n) is 6.43. The predicted molar refractivity (Wildman–Crippen MR) is 137 cm³/mol. The Morgan fingerprint density at radius 3 is 2.67 bits per heavy atom. The van der Waals surface area contributed by atoms with Crippen LogP contribution >= 0.6 is 0 Å². The number of fused-ring (bicyclic) bond motifs is 1. The molecule has 36 heavy (non-hydrogen) atoms. The van der Waals surface area contributed by atoms with Crippen LogP contribution < -0.4 is 10.1 Å². The molecule has 194 valence electrons. The van der Waals surface area contributed by atoms with Crippen molar-refractivity contribution < 1.29 is 24.2 Å². The fourth-order valence-electron chi connectivity index (χ4n) is 4.35. The number of ether oxygens (including phenoxy) is 1. The van der Waals surface area contributed by atoms with E-state index in [0.29, 0.717) is 31.5 Å². The molecule has 2 aromatic heterocycles. The summed E-state index contributed by atoms with van der Waals surface area (Å²) in [5, 5.41) is 13.0. The number of methoxy groups -OCH3 is 1. The molecule has 0 aliphatic carbocycles. The lowest BCUT2D eigenvalue weighted by atomic mass is 10.0. The van der Waals surface area contributed by atoms with Gasteiger partial charge in [0.1, 0.15) is 17.4 Å². The normalized spacial score (nSPS) is 12.0. The number of hydrogen-bond donors (Lipinski definition) is 4. The summed E-state index contributed by atoms with van der Waals surface area (Å²) < 4.78 is 5.35. The van der Waals surface area contributed by atoms with Gasteiger partial charge < -0.3 is 25.1 Å². The molecule has 0 aliphatic heterocycles. The highest BCUT2D eigenvalue weighted by atomic mass is 16.5. The van der Waals surface area contributed by atoms with Gasteiger partial charge >= 0.3 is 5.97 Å². The molecule has 0 bridgehead atoms. The van der Waals surface area contributed by atoms with Crippen molar-refractivity contribution in [3.63, 3.8) is 0 Å². The van der Waals surface area contributed by atoms with E-state index in [9.17, 15) is 14.4 Å². The maximum absolute atomic E-state index is 13.2. The molecule has 9 nitrogen and oxygen atoms in total. The van der Waals surface area contributed by atoms with E-state index in [-0.39, 0.29) is 30.6 Å². The van der Waals surface area contributed by atoms with Crippen molar-refractivity contribution in [2.75, 3.05) is 7.11 Å². The van der Waals surface area contributed by atoms with Crippen LogP contribution in [0.4, 0.5) is 0 Å². The number of imidazole rings is 1. The van der Waals surface area contributed by atoms with Crippen molar-refractivity contribution in [3.05, 3.63) is 47.2 Å². The summed E-state index contributed by atoms with van der Waals surface area (Å²) in [6.07, 6.45) is 6.53. The molecule has 0 fully saturated rings. The molecule has 0 saturated carbocycles. The van der Waals surface area contributed by atoms with Crippen molar-refractivity contribution >= 4 is 28.6 Å². The molecule has 1 unspecified atom stereocenters. The molecule has 0 saturated heterocycles. The minimum absolute atomic E-state index is 0.00736. The first-order chi connectivity index (χ1) is 17.3. The number of benzene rings is 1. The van der Waals surface area contributed by atoms with Gasteiger partial charge in [0, 0.05) is 41.3 Å². The van der Waals surface area contributed by atoms with E-state index in [2.05, 4.69) is 20.3 Å². The Kier molecular flexibility index (Phi) is 9.67. The van der Waals surface area contributed by atoms with E-state index in [0.717, 1.165) is 52.9 Å². The molecule has 1 amide bonds. The van der Waals surface area contributed by atoms with Gasteiger partial charge in [-0.3, -0.25) is 14.4 Å². The number of H-pyrrole nitrogens is 2. The molecule has 9 heteroatoms. The molecule has 2 heterocycles. The number of Topliss-reactive ketones (excluding diaryl/α,β-unsaturated/α-hetero) is 1. The molecule has 1 atom stereocenters. The van der Waals surface area contributed by atoms with Crippen LogP contribution in [0, 0.1) is 6.92 Å². The number of carboxylic acid groups (broad SMARTS) is 1. The zero-order valence-electron chi connectivity index (χ0n) is 21.3. The molecule has 1 aromatic carbocycles. The van der Waals surface area contributed by atoms with E-state index in [1.807, 2.05) is 32.0 Å². The Morgan fingerprint density at radius 2 is 1.94 bits per heavy atom. The van der Waals surface area contributed by atoms with Crippen molar-refractivity contribution in [2.24, 2.45) is 0 Å². The number of carbonyl (C=O) groups is 3. The van der Waals surface area contributed by atoms with E-state index >= 15 is 0 Å². The first-order valence-electron chi connectivity index (χ1n) is 12.5. The second-order valence-electron chi connectivity index (χ2n) is 9.12. The van der Waals surface area contributed by atoms with Crippen LogP contribution in [0.3, 0.4) is 0 Å². The number of ketones is 1. The Balaban J connectivity index is 1.70. The molecule has 0 aliphatic rings. The van der Waals surface area contributed by atoms with Crippen LogP contribution in [-0.4, -0.2) is 44.8 Å².